The molecule has 3 fully saturated rings. The van der Waals surface area contributed by atoms with Crippen LogP contribution < -0.4 is 0 Å². The van der Waals surface area contributed by atoms with Crippen LogP contribution in [-0.4, -0.2) is 55.5 Å². The molecular weight excluding hydrogens is 312 g/mol. The van der Waals surface area contributed by atoms with Crippen LogP contribution in [-0.2, 0) is 23.7 Å². The smallest absolute Gasteiger partial charge is 0.337 e. The van der Waals surface area contributed by atoms with E-state index in [9.17, 15) is 9.90 Å². The summed E-state index contributed by atoms with van der Waals surface area (Å²) in [7, 11) is 1.56. The van der Waals surface area contributed by atoms with Crippen LogP contribution in [0.3, 0.4) is 0 Å². The number of fused-ring (bicyclic) bond motifs is 3. The third kappa shape index (κ3) is 1.88. The van der Waals surface area contributed by atoms with Crippen molar-refractivity contribution in [3.05, 3.63) is 11.1 Å². The fourth-order valence-electron chi connectivity index (χ4n) is 5.34. The van der Waals surface area contributed by atoms with E-state index in [0.29, 0.717) is 18.8 Å². The molecule has 0 radical (unpaired) electrons. The number of methoxy groups -OCH3 is 1. The third-order valence-corrected chi connectivity index (χ3v) is 6.90. The van der Waals surface area contributed by atoms with E-state index in [0.717, 1.165) is 31.3 Å². The summed E-state index contributed by atoms with van der Waals surface area (Å²) in [6.45, 7) is 5.38. The first-order chi connectivity index (χ1) is 11.4. The van der Waals surface area contributed by atoms with Crippen molar-refractivity contribution in [1.29, 1.82) is 0 Å². The van der Waals surface area contributed by atoms with E-state index in [4.69, 9.17) is 18.9 Å². The number of rotatable bonds is 2. The number of carbonyl (C=O) groups excluding carboxylic acids is 1. The minimum Gasteiger partial charge on any atom is -0.451 e. The lowest BCUT2D eigenvalue weighted by Gasteiger charge is -2.61. The average Bonchev–Trinajstić information content (AvgIpc) is 3.15. The van der Waals surface area contributed by atoms with Crippen molar-refractivity contribution in [1.82, 2.24) is 0 Å². The Balaban J connectivity index is 1.78. The minimum atomic E-state index is -1.20. The van der Waals surface area contributed by atoms with Gasteiger partial charge in [0.25, 0.3) is 0 Å². The first kappa shape index (κ1) is 16.5. The van der Waals surface area contributed by atoms with Crippen molar-refractivity contribution >= 4 is 5.97 Å². The fraction of sp³-hybridized carbons (Fsp3) is 0.833. The molecule has 24 heavy (non-hydrogen) atoms. The molecule has 134 valence electrons. The van der Waals surface area contributed by atoms with Crippen molar-refractivity contribution < 1.29 is 28.8 Å². The Bertz CT molecular complexity index is 592. The first-order valence-corrected chi connectivity index (χ1v) is 8.80. The topological polar surface area (TPSA) is 74.2 Å². The second-order valence-electron chi connectivity index (χ2n) is 7.84. The maximum atomic E-state index is 12.3. The van der Waals surface area contributed by atoms with Gasteiger partial charge < -0.3 is 24.1 Å². The number of carbonyl (C=O) groups is 1. The molecule has 2 saturated carbocycles. The molecule has 0 aromatic rings. The number of aliphatic hydroxyl groups is 1. The van der Waals surface area contributed by atoms with Crippen molar-refractivity contribution in [3.8, 4) is 0 Å². The van der Waals surface area contributed by atoms with E-state index < -0.39 is 17.5 Å². The zero-order chi connectivity index (χ0) is 17.2. The fourth-order valence-corrected chi connectivity index (χ4v) is 5.34. The lowest BCUT2D eigenvalue weighted by Crippen LogP contribution is -2.70. The Morgan fingerprint density at radius 2 is 1.96 bits per heavy atom. The van der Waals surface area contributed by atoms with Crippen LogP contribution in [0.15, 0.2) is 11.1 Å². The number of hydrogen-bond acceptors (Lipinski definition) is 6. The normalized spacial score (nSPS) is 43.8. The lowest BCUT2D eigenvalue weighted by molar-refractivity contribution is -0.313. The maximum Gasteiger partial charge on any atom is 0.337 e. The van der Waals surface area contributed by atoms with E-state index >= 15 is 0 Å². The summed E-state index contributed by atoms with van der Waals surface area (Å²) in [5, 5.41) is 11.9. The predicted molar refractivity (Wildman–Crippen MR) is 84.1 cm³/mol. The monoisotopic (exact) mass is 338 g/mol. The maximum absolute atomic E-state index is 12.3. The molecule has 2 aliphatic carbocycles. The summed E-state index contributed by atoms with van der Waals surface area (Å²) >= 11 is 0. The van der Waals surface area contributed by atoms with Gasteiger partial charge in [0.15, 0.2) is 11.9 Å². The molecule has 2 aliphatic heterocycles. The molecule has 6 heteroatoms. The summed E-state index contributed by atoms with van der Waals surface area (Å²) in [6, 6.07) is 0. The summed E-state index contributed by atoms with van der Waals surface area (Å²) in [5.74, 6) is -1.43. The van der Waals surface area contributed by atoms with Gasteiger partial charge in [-0.15, -0.1) is 0 Å². The van der Waals surface area contributed by atoms with Gasteiger partial charge >= 0.3 is 5.97 Å². The molecule has 0 aromatic heterocycles. The highest BCUT2D eigenvalue weighted by atomic mass is 16.7. The van der Waals surface area contributed by atoms with E-state index in [1.54, 1.807) is 7.11 Å². The van der Waals surface area contributed by atoms with Crippen LogP contribution >= 0.6 is 0 Å². The molecule has 4 atom stereocenters. The molecule has 0 bridgehead atoms. The van der Waals surface area contributed by atoms with E-state index in [2.05, 4.69) is 6.92 Å². The van der Waals surface area contributed by atoms with Gasteiger partial charge in [-0.1, -0.05) is 13.8 Å². The molecule has 1 spiro atoms. The molecule has 0 aromatic carbocycles. The van der Waals surface area contributed by atoms with Crippen molar-refractivity contribution in [2.75, 3.05) is 26.9 Å². The van der Waals surface area contributed by atoms with Gasteiger partial charge in [-0.3, -0.25) is 0 Å². The molecule has 0 amide bonds. The van der Waals surface area contributed by atoms with Crippen LogP contribution in [0.25, 0.3) is 0 Å². The van der Waals surface area contributed by atoms with E-state index in [-0.39, 0.29) is 23.9 Å². The Hall–Kier alpha value is -0.950. The van der Waals surface area contributed by atoms with E-state index in [1.807, 2.05) is 6.92 Å². The largest absolute Gasteiger partial charge is 0.451 e. The second-order valence-corrected chi connectivity index (χ2v) is 7.84. The molecule has 2 heterocycles. The Kier molecular flexibility index (Phi) is 3.63. The molecule has 1 N–H and O–H groups in total. The van der Waals surface area contributed by atoms with Gasteiger partial charge in [0.05, 0.1) is 25.4 Å². The van der Waals surface area contributed by atoms with Crippen LogP contribution in [0.5, 0.6) is 0 Å². The van der Waals surface area contributed by atoms with Crippen LogP contribution in [0.1, 0.15) is 39.5 Å². The van der Waals surface area contributed by atoms with Gasteiger partial charge in [-0.05, 0) is 24.8 Å². The number of hydrogen-bond donors (Lipinski definition) is 1. The minimum absolute atomic E-state index is 0.226. The van der Waals surface area contributed by atoms with Gasteiger partial charge in [0.2, 0.25) is 0 Å². The van der Waals surface area contributed by atoms with Gasteiger partial charge in [-0.2, -0.15) is 0 Å². The quantitative estimate of drug-likeness (QED) is 0.770. The average molecular weight is 338 g/mol. The van der Waals surface area contributed by atoms with E-state index in [1.165, 1.54) is 0 Å². The molecular formula is C18H26O6. The second kappa shape index (κ2) is 5.27. The number of esters is 1. The van der Waals surface area contributed by atoms with Gasteiger partial charge in [0, 0.05) is 24.9 Å². The lowest BCUT2D eigenvalue weighted by atomic mass is 9.50. The van der Waals surface area contributed by atoms with Gasteiger partial charge in [0.1, 0.15) is 5.60 Å². The zero-order valence-corrected chi connectivity index (χ0v) is 14.6. The summed E-state index contributed by atoms with van der Waals surface area (Å²) < 4.78 is 22.7. The summed E-state index contributed by atoms with van der Waals surface area (Å²) in [4.78, 5) is 12.3. The number of ether oxygens (including phenoxy) is 4. The van der Waals surface area contributed by atoms with Crippen LogP contribution in [0, 0.1) is 11.3 Å². The zero-order valence-electron chi connectivity index (χ0n) is 14.6. The van der Waals surface area contributed by atoms with Crippen molar-refractivity contribution in [2.45, 2.75) is 57.0 Å². The van der Waals surface area contributed by atoms with Gasteiger partial charge in [-0.25, -0.2) is 4.79 Å². The Morgan fingerprint density at radius 1 is 1.25 bits per heavy atom. The summed E-state index contributed by atoms with van der Waals surface area (Å²) in [5.41, 5.74) is -0.0695. The van der Waals surface area contributed by atoms with Crippen molar-refractivity contribution in [3.63, 3.8) is 0 Å². The molecule has 1 saturated heterocycles. The SMILES string of the molecule is COCC1=C2CC[C@@]3(C)CCC4(OCCO4)[C@H](C)[C@]3(O)C2OC1=O. The third-order valence-electron chi connectivity index (χ3n) is 6.90. The Labute approximate surface area is 142 Å². The first-order valence-electron chi connectivity index (χ1n) is 8.80. The molecule has 4 aliphatic rings. The predicted octanol–water partition coefficient (Wildman–Crippen LogP) is 1.56. The molecule has 1 unspecified atom stereocenters. The highest BCUT2D eigenvalue weighted by Gasteiger charge is 2.70. The highest BCUT2D eigenvalue weighted by molar-refractivity contribution is 5.93. The highest BCUT2D eigenvalue weighted by Crippen LogP contribution is 2.62. The molecule has 4 rings (SSSR count). The standard InChI is InChI=1S/C18H26O6/c1-11-17(22-8-9-23-17)7-6-16(2)5-4-12-13(10-21-3)15(19)24-14(12)18(11,16)20/h11,14,20H,4-10H2,1-3H3/t11-,14?,16-,18-/m0/s1. The van der Waals surface area contributed by atoms with Crippen molar-refractivity contribution in [2.24, 2.45) is 11.3 Å². The van der Waals surface area contributed by atoms with Crippen LogP contribution in [0.4, 0.5) is 0 Å². The Morgan fingerprint density at radius 3 is 2.62 bits per heavy atom. The van der Waals surface area contributed by atoms with Crippen LogP contribution in [0.2, 0.25) is 0 Å². The molecule has 6 nitrogen and oxygen atoms in total. The summed E-state index contributed by atoms with van der Waals surface area (Å²) in [6.07, 6.45) is 2.50.